The highest BCUT2D eigenvalue weighted by Crippen LogP contribution is 2.30. The van der Waals surface area contributed by atoms with E-state index in [1.165, 1.54) is 6.33 Å². The third kappa shape index (κ3) is 3.39. The second-order valence-electron chi connectivity index (χ2n) is 5.83. The van der Waals surface area contributed by atoms with Gasteiger partial charge in [-0.1, -0.05) is 18.1 Å². The van der Waals surface area contributed by atoms with E-state index in [9.17, 15) is 4.79 Å². The Kier molecular flexibility index (Phi) is 4.33. The van der Waals surface area contributed by atoms with Gasteiger partial charge in [-0.05, 0) is 42.7 Å². The Bertz CT molecular complexity index is 1190. The highest BCUT2D eigenvalue weighted by atomic mass is 16.1. The van der Waals surface area contributed by atoms with Crippen molar-refractivity contribution < 1.29 is 4.79 Å². The number of H-pyrrole nitrogens is 1. The quantitative estimate of drug-likeness (QED) is 0.551. The first-order valence-electron chi connectivity index (χ1n) is 8.32. The van der Waals surface area contributed by atoms with Gasteiger partial charge in [-0.3, -0.25) is 4.79 Å². The number of nitrogens with one attached hydrogen (secondary N) is 2. The van der Waals surface area contributed by atoms with Crippen LogP contribution < -0.4 is 5.32 Å². The average Bonchev–Trinajstić information content (AvgIpc) is 3.12. The Morgan fingerprint density at radius 2 is 2.07 bits per heavy atom. The summed E-state index contributed by atoms with van der Waals surface area (Å²) in [5.41, 5.74) is 5.15. The van der Waals surface area contributed by atoms with Gasteiger partial charge < -0.3 is 10.3 Å². The minimum Gasteiger partial charge on any atom is -0.345 e. The summed E-state index contributed by atoms with van der Waals surface area (Å²) in [4.78, 5) is 27.7. The number of hydrogen-bond donors (Lipinski definition) is 2. The first-order chi connectivity index (χ1) is 13.2. The Balaban J connectivity index is 1.74. The predicted molar refractivity (Wildman–Crippen MR) is 105 cm³/mol. The smallest absolute Gasteiger partial charge is 0.300 e. The van der Waals surface area contributed by atoms with E-state index >= 15 is 0 Å². The first kappa shape index (κ1) is 16.5. The highest BCUT2D eigenvalue weighted by molar-refractivity contribution is 6.04. The SMILES string of the molecule is CC#CC(=O)Nc1cccc(-c2cnc3[nH]cc(-c4ccncn4)c3c2)c1. The third-order valence-corrected chi connectivity index (χ3v) is 4.08. The molecule has 0 aliphatic heterocycles. The number of aromatic nitrogens is 4. The Morgan fingerprint density at radius 1 is 1.15 bits per heavy atom. The number of pyridine rings is 1. The van der Waals surface area contributed by atoms with Crippen molar-refractivity contribution >= 4 is 22.6 Å². The van der Waals surface area contributed by atoms with E-state index < -0.39 is 0 Å². The van der Waals surface area contributed by atoms with Gasteiger partial charge in [0.25, 0.3) is 5.91 Å². The van der Waals surface area contributed by atoms with E-state index in [1.54, 1.807) is 19.3 Å². The van der Waals surface area contributed by atoms with E-state index in [0.717, 1.165) is 33.4 Å². The van der Waals surface area contributed by atoms with Gasteiger partial charge in [-0.25, -0.2) is 15.0 Å². The van der Waals surface area contributed by atoms with E-state index in [0.29, 0.717) is 5.69 Å². The molecule has 0 aliphatic rings. The molecule has 0 fully saturated rings. The normalized spacial score (nSPS) is 10.3. The summed E-state index contributed by atoms with van der Waals surface area (Å²) in [5.74, 6) is 4.72. The molecule has 0 aliphatic carbocycles. The van der Waals surface area contributed by atoms with Gasteiger partial charge in [0.15, 0.2) is 0 Å². The zero-order chi connectivity index (χ0) is 18.6. The minimum absolute atomic E-state index is 0.333. The Morgan fingerprint density at radius 3 is 2.89 bits per heavy atom. The van der Waals surface area contributed by atoms with Crippen molar-refractivity contribution in [2.45, 2.75) is 6.92 Å². The maximum Gasteiger partial charge on any atom is 0.300 e. The van der Waals surface area contributed by atoms with Crippen LogP contribution in [0.4, 0.5) is 5.69 Å². The molecule has 0 saturated heterocycles. The highest BCUT2D eigenvalue weighted by Gasteiger charge is 2.10. The number of benzene rings is 1. The summed E-state index contributed by atoms with van der Waals surface area (Å²) in [6.07, 6.45) is 6.93. The van der Waals surface area contributed by atoms with Crippen LogP contribution >= 0.6 is 0 Å². The lowest BCUT2D eigenvalue weighted by atomic mass is 10.0. The molecule has 0 radical (unpaired) electrons. The number of hydrogen-bond acceptors (Lipinski definition) is 4. The van der Waals surface area contributed by atoms with Crippen LogP contribution in [0.15, 0.2) is 61.3 Å². The van der Waals surface area contributed by atoms with Gasteiger partial charge in [0, 0.05) is 40.8 Å². The van der Waals surface area contributed by atoms with Crippen LogP contribution in [0, 0.1) is 11.8 Å². The molecule has 130 valence electrons. The fourth-order valence-electron chi connectivity index (χ4n) is 2.88. The molecule has 3 aromatic heterocycles. The van der Waals surface area contributed by atoms with E-state index in [2.05, 4.69) is 43.2 Å². The fraction of sp³-hybridized carbons (Fsp3) is 0.0476. The number of carbonyl (C=O) groups excluding carboxylic acids is 1. The second kappa shape index (κ2) is 7.10. The van der Waals surface area contributed by atoms with Crippen LogP contribution in [0.5, 0.6) is 0 Å². The topological polar surface area (TPSA) is 83.6 Å². The fourth-order valence-corrected chi connectivity index (χ4v) is 2.88. The summed E-state index contributed by atoms with van der Waals surface area (Å²) in [6, 6.07) is 11.5. The van der Waals surface area contributed by atoms with Crippen LogP contribution in [-0.2, 0) is 4.79 Å². The van der Waals surface area contributed by atoms with Crippen molar-refractivity contribution in [2.75, 3.05) is 5.32 Å². The summed E-state index contributed by atoms with van der Waals surface area (Å²) in [6.45, 7) is 1.63. The molecule has 1 aromatic carbocycles. The van der Waals surface area contributed by atoms with Crippen LogP contribution in [0.2, 0.25) is 0 Å². The number of amides is 1. The lowest BCUT2D eigenvalue weighted by Gasteiger charge is -2.06. The number of carbonyl (C=O) groups is 1. The molecule has 6 nitrogen and oxygen atoms in total. The van der Waals surface area contributed by atoms with Gasteiger partial charge in [0.2, 0.25) is 0 Å². The molecule has 4 aromatic rings. The Hall–Kier alpha value is -3.98. The summed E-state index contributed by atoms with van der Waals surface area (Å²) < 4.78 is 0. The first-order valence-corrected chi connectivity index (χ1v) is 8.32. The van der Waals surface area contributed by atoms with Crippen molar-refractivity contribution in [3.8, 4) is 34.2 Å². The molecule has 0 saturated carbocycles. The van der Waals surface area contributed by atoms with Crippen molar-refractivity contribution in [3.05, 3.63) is 61.3 Å². The van der Waals surface area contributed by atoms with Gasteiger partial charge in [-0.2, -0.15) is 0 Å². The molecule has 1 amide bonds. The molecule has 27 heavy (non-hydrogen) atoms. The largest absolute Gasteiger partial charge is 0.345 e. The average molecular weight is 353 g/mol. The number of fused-ring (bicyclic) bond motifs is 1. The summed E-state index contributed by atoms with van der Waals surface area (Å²) in [5, 5.41) is 3.74. The molecule has 0 bridgehead atoms. The van der Waals surface area contributed by atoms with Crippen molar-refractivity contribution in [1.29, 1.82) is 0 Å². The molecular formula is C21H15N5O. The standard InChI is InChI=1S/C21H15N5O/c1-2-4-20(27)26-16-6-3-5-14(9-16)15-10-17-18(12-24-21(17)23-11-15)19-7-8-22-13-25-19/h3,5-13H,1H3,(H,23,24)(H,26,27). The molecule has 0 unspecified atom stereocenters. The maximum absolute atomic E-state index is 11.7. The van der Waals surface area contributed by atoms with Crippen molar-refractivity contribution in [1.82, 2.24) is 19.9 Å². The minimum atomic E-state index is -0.333. The van der Waals surface area contributed by atoms with Gasteiger partial charge in [0.1, 0.15) is 12.0 Å². The molecule has 0 atom stereocenters. The lowest BCUT2D eigenvalue weighted by molar-refractivity contribution is -0.111. The second-order valence-corrected chi connectivity index (χ2v) is 5.83. The van der Waals surface area contributed by atoms with Crippen LogP contribution in [0.1, 0.15) is 6.92 Å². The zero-order valence-corrected chi connectivity index (χ0v) is 14.5. The molecular weight excluding hydrogens is 338 g/mol. The van der Waals surface area contributed by atoms with Crippen molar-refractivity contribution in [2.24, 2.45) is 0 Å². The van der Waals surface area contributed by atoms with Crippen molar-refractivity contribution in [3.63, 3.8) is 0 Å². The Labute approximate surface area is 155 Å². The number of anilines is 1. The zero-order valence-electron chi connectivity index (χ0n) is 14.5. The van der Waals surface area contributed by atoms with E-state index in [-0.39, 0.29) is 5.91 Å². The van der Waals surface area contributed by atoms with Crippen LogP contribution in [0.3, 0.4) is 0 Å². The maximum atomic E-state index is 11.7. The van der Waals surface area contributed by atoms with Crippen LogP contribution in [-0.4, -0.2) is 25.8 Å². The lowest BCUT2D eigenvalue weighted by Crippen LogP contribution is -2.08. The third-order valence-electron chi connectivity index (χ3n) is 4.08. The molecule has 2 N–H and O–H groups in total. The van der Waals surface area contributed by atoms with Crippen LogP contribution in [0.25, 0.3) is 33.4 Å². The molecule has 0 spiro atoms. The van der Waals surface area contributed by atoms with Gasteiger partial charge in [-0.15, -0.1) is 0 Å². The van der Waals surface area contributed by atoms with Gasteiger partial charge >= 0.3 is 0 Å². The number of aromatic amines is 1. The number of nitrogens with zero attached hydrogens (tertiary/aromatic N) is 3. The molecule has 6 heteroatoms. The van der Waals surface area contributed by atoms with E-state index in [4.69, 9.17) is 0 Å². The number of rotatable bonds is 3. The summed E-state index contributed by atoms with van der Waals surface area (Å²) >= 11 is 0. The summed E-state index contributed by atoms with van der Waals surface area (Å²) in [7, 11) is 0. The predicted octanol–water partition coefficient (Wildman–Crippen LogP) is 3.65. The molecule has 3 heterocycles. The van der Waals surface area contributed by atoms with E-state index in [1.807, 2.05) is 36.5 Å². The van der Waals surface area contributed by atoms with Gasteiger partial charge in [0.05, 0.1) is 5.69 Å². The molecule has 4 rings (SSSR count). The monoisotopic (exact) mass is 353 g/mol.